The molecule has 0 N–H and O–H groups in total. The fraction of sp³-hybridized carbons (Fsp3) is 0.476. The molecule has 28 heavy (non-hydrogen) atoms. The number of carbonyl (C=O) groups is 2. The second kappa shape index (κ2) is 8.79. The molecule has 2 aliphatic rings. The molecule has 2 aliphatic heterocycles. The van der Waals surface area contributed by atoms with Crippen LogP contribution in [0.1, 0.15) is 12.5 Å². The fourth-order valence-electron chi connectivity index (χ4n) is 3.64. The second-order valence-electron chi connectivity index (χ2n) is 7.31. The highest BCUT2D eigenvalue weighted by Gasteiger charge is 2.25. The van der Waals surface area contributed by atoms with E-state index >= 15 is 0 Å². The van der Waals surface area contributed by atoms with Gasteiger partial charge >= 0.3 is 0 Å². The number of aryl methyl sites for hydroxylation is 1. The van der Waals surface area contributed by atoms with Crippen molar-refractivity contribution in [3.63, 3.8) is 0 Å². The first-order valence-electron chi connectivity index (χ1n) is 9.70. The van der Waals surface area contributed by atoms with Crippen LogP contribution in [0.25, 0.3) is 0 Å². The summed E-state index contributed by atoms with van der Waals surface area (Å²) in [5.74, 6) is -0.221. The van der Waals surface area contributed by atoms with Crippen molar-refractivity contribution < 1.29 is 9.59 Å². The molecular weight excluding hydrogens is 354 g/mol. The van der Waals surface area contributed by atoms with Gasteiger partial charge in [0.15, 0.2) is 0 Å². The van der Waals surface area contributed by atoms with E-state index in [0.717, 1.165) is 26.2 Å². The normalized spacial score (nSPS) is 18.1. The lowest BCUT2D eigenvalue weighted by Crippen LogP contribution is -2.50. The lowest BCUT2D eigenvalue weighted by Gasteiger charge is -2.36. The Bertz CT molecular complexity index is 797. The molecular formula is C21H27N5O2. The van der Waals surface area contributed by atoms with Crippen molar-refractivity contribution in [2.45, 2.75) is 13.8 Å². The van der Waals surface area contributed by atoms with Gasteiger partial charge in [-0.25, -0.2) is 0 Å². The minimum Gasteiger partial charge on any atom is -0.373 e. The Morgan fingerprint density at radius 1 is 1.00 bits per heavy atom. The average molecular weight is 381 g/mol. The van der Waals surface area contributed by atoms with Crippen molar-refractivity contribution in [2.75, 3.05) is 57.3 Å². The Balaban J connectivity index is 1.57. The lowest BCUT2D eigenvalue weighted by molar-refractivity contribution is -0.136. The van der Waals surface area contributed by atoms with E-state index in [1.165, 1.54) is 18.2 Å². The molecule has 0 aromatic heterocycles. The van der Waals surface area contributed by atoms with Gasteiger partial charge in [-0.1, -0.05) is 12.1 Å². The number of nitriles is 1. The molecule has 2 saturated heterocycles. The van der Waals surface area contributed by atoms with Crippen LogP contribution in [0.4, 0.5) is 5.69 Å². The summed E-state index contributed by atoms with van der Waals surface area (Å²) in [6.07, 6.45) is 1.70. The highest BCUT2D eigenvalue weighted by atomic mass is 16.2. The quantitative estimate of drug-likeness (QED) is 0.582. The zero-order valence-electron chi connectivity index (χ0n) is 16.6. The maximum Gasteiger partial charge on any atom is 0.266 e. The number of hydrogen-bond acceptors (Lipinski definition) is 5. The van der Waals surface area contributed by atoms with E-state index in [1.54, 1.807) is 16.0 Å². The van der Waals surface area contributed by atoms with E-state index < -0.39 is 0 Å². The standard InChI is InChI=1S/C21H27N5O2/c1-17-4-3-5-20(14-17)25-8-6-23(7-9-25)16-19(15-22)21(28)26-12-10-24(11-13-26)18(2)27/h3-5,14,16H,6-13H2,1-2H3/b19-16-. The number of piperazine rings is 2. The summed E-state index contributed by atoms with van der Waals surface area (Å²) < 4.78 is 0. The van der Waals surface area contributed by atoms with Crippen LogP contribution in [-0.4, -0.2) is 78.9 Å². The lowest BCUT2D eigenvalue weighted by atomic mass is 10.2. The molecule has 2 heterocycles. The van der Waals surface area contributed by atoms with Crippen molar-refractivity contribution >= 4 is 17.5 Å². The molecule has 1 aromatic rings. The molecule has 2 fully saturated rings. The fourth-order valence-corrected chi connectivity index (χ4v) is 3.64. The average Bonchev–Trinajstić information content (AvgIpc) is 2.72. The van der Waals surface area contributed by atoms with Gasteiger partial charge in [-0.05, 0) is 24.6 Å². The first-order chi connectivity index (χ1) is 13.5. The highest BCUT2D eigenvalue weighted by molar-refractivity contribution is 5.97. The number of anilines is 1. The Morgan fingerprint density at radius 3 is 2.21 bits per heavy atom. The minimum absolute atomic E-state index is 0.0228. The van der Waals surface area contributed by atoms with E-state index in [1.807, 2.05) is 0 Å². The van der Waals surface area contributed by atoms with E-state index in [0.29, 0.717) is 26.2 Å². The number of amides is 2. The Kier molecular flexibility index (Phi) is 6.19. The van der Waals surface area contributed by atoms with Crippen molar-refractivity contribution in [2.24, 2.45) is 0 Å². The number of benzene rings is 1. The van der Waals surface area contributed by atoms with Crippen LogP contribution < -0.4 is 4.90 Å². The summed E-state index contributed by atoms with van der Waals surface area (Å²) in [7, 11) is 0. The van der Waals surface area contributed by atoms with Gasteiger partial charge in [0.25, 0.3) is 5.91 Å². The smallest absolute Gasteiger partial charge is 0.266 e. The van der Waals surface area contributed by atoms with Gasteiger partial charge in [0, 0.05) is 71.2 Å². The van der Waals surface area contributed by atoms with Gasteiger partial charge in [-0.15, -0.1) is 0 Å². The highest BCUT2D eigenvalue weighted by Crippen LogP contribution is 2.18. The first kappa shape index (κ1) is 19.7. The van der Waals surface area contributed by atoms with Crippen molar-refractivity contribution in [1.29, 1.82) is 5.26 Å². The topological polar surface area (TPSA) is 70.9 Å². The van der Waals surface area contributed by atoms with Crippen LogP contribution in [-0.2, 0) is 9.59 Å². The number of nitrogens with zero attached hydrogens (tertiary/aromatic N) is 5. The Hall–Kier alpha value is -3.01. The van der Waals surface area contributed by atoms with Crippen LogP contribution in [0.5, 0.6) is 0 Å². The zero-order chi connectivity index (χ0) is 20.1. The molecule has 0 aliphatic carbocycles. The summed E-state index contributed by atoms with van der Waals surface area (Å²) >= 11 is 0. The van der Waals surface area contributed by atoms with E-state index in [9.17, 15) is 14.9 Å². The molecule has 0 spiro atoms. The number of hydrogen-bond donors (Lipinski definition) is 0. The number of carbonyl (C=O) groups excluding carboxylic acids is 2. The first-order valence-corrected chi connectivity index (χ1v) is 9.70. The molecule has 0 radical (unpaired) electrons. The summed E-state index contributed by atoms with van der Waals surface area (Å²) in [4.78, 5) is 31.9. The monoisotopic (exact) mass is 381 g/mol. The molecule has 3 rings (SSSR count). The molecule has 1 aromatic carbocycles. The molecule has 0 atom stereocenters. The SMILES string of the molecule is CC(=O)N1CCN(C(=O)/C(C#N)=C\N2CCN(c3cccc(C)c3)CC2)CC1. The molecule has 7 nitrogen and oxygen atoms in total. The molecule has 0 unspecified atom stereocenters. The van der Waals surface area contributed by atoms with E-state index in [2.05, 4.69) is 47.1 Å². The van der Waals surface area contributed by atoms with E-state index in [-0.39, 0.29) is 17.4 Å². The number of rotatable bonds is 3. The van der Waals surface area contributed by atoms with Gasteiger partial charge in [0.05, 0.1) is 0 Å². The summed E-state index contributed by atoms with van der Waals surface area (Å²) in [5.41, 5.74) is 2.62. The third-order valence-corrected chi connectivity index (χ3v) is 5.36. The predicted molar refractivity (Wildman–Crippen MR) is 107 cm³/mol. The molecule has 2 amide bonds. The minimum atomic E-state index is -0.244. The van der Waals surface area contributed by atoms with Crippen LogP contribution >= 0.6 is 0 Å². The summed E-state index contributed by atoms with van der Waals surface area (Å²) in [6, 6.07) is 10.5. The summed E-state index contributed by atoms with van der Waals surface area (Å²) in [5, 5.41) is 9.49. The van der Waals surface area contributed by atoms with Crippen molar-refractivity contribution in [3.05, 3.63) is 41.6 Å². The van der Waals surface area contributed by atoms with Crippen LogP contribution in [0.15, 0.2) is 36.0 Å². The predicted octanol–water partition coefficient (Wildman–Crippen LogP) is 1.22. The van der Waals surface area contributed by atoms with E-state index in [4.69, 9.17) is 0 Å². The van der Waals surface area contributed by atoms with Crippen molar-refractivity contribution in [3.8, 4) is 6.07 Å². The van der Waals surface area contributed by atoms with Gasteiger partial charge < -0.3 is 19.6 Å². The largest absolute Gasteiger partial charge is 0.373 e. The summed E-state index contributed by atoms with van der Waals surface area (Å²) in [6.45, 7) is 8.85. The third kappa shape index (κ3) is 4.63. The Labute approximate surface area is 166 Å². The van der Waals surface area contributed by atoms with Gasteiger partial charge in [0.2, 0.25) is 5.91 Å². The zero-order valence-corrected chi connectivity index (χ0v) is 16.6. The van der Waals surface area contributed by atoms with Gasteiger partial charge in [0.1, 0.15) is 11.6 Å². The Morgan fingerprint density at radius 2 is 1.64 bits per heavy atom. The maximum atomic E-state index is 12.7. The molecule has 7 heteroatoms. The van der Waals surface area contributed by atoms with Crippen LogP contribution in [0.3, 0.4) is 0 Å². The maximum absolute atomic E-state index is 12.7. The van der Waals surface area contributed by atoms with Crippen molar-refractivity contribution in [1.82, 2.24) is 14.7 Å². The molecule has 148 valence electrons. The van der Waals surface area contributed by atoms with Crippen LogP contribution in [0, 0.1) is 18.3 Å². The third-order valence-electron chi connectivity index (χ3n) is 5.36. The van der Waals surface area contributed by atoms with Gasteiger partial charge in [-0.3, -0.25) is 9.59 Å². The molecule has 0 bridgehead atoms. The van der Waals surface area contributed by atoms with Crippen LogP contribution in [0.2, 0.25) is 0 Å². The molecule has 0 saturated carbocycles. The second-order valence-corrected chi connectivity index (χ2v) is 7.31. The van der Waals surface area contributed by atoms with Gasteiger partial charge in [-0.2, -0.15) is 5.26 Å².